The molecule has 2 aromatic rings. The van der Waals surface area contributed by atoms with E-state index < -0.39 is 17.3 Å². The molecule has 1 amide bonds. The molecule has 0 saturated heterocycles. The van der Waals surface area contributed by atoms with E-state index in [9.17, 15) is 9.59 Å². The SMILES string of the molecule is Cc1cc(SC#N)ccc1NC(=O)COC(=O)C1(c2ccc(Cl)cc2)CC1. The van der Waals surface area contributed by atoms with Crippen LogP contribution in [-0.4, -0.2) is 18.5 Å². The van der Waals surface area contributed by atoms with Crippen LogP contribution in [0.15, 0.2) is 47.4 Å². The molecule has 138 valence electrons. The predicted molar refractivity (Wildman–Crippen MR) is 105 cm³/mol. The number of carbonyl (C=O) groups excluding carboxylic acids is 2. The lowest BCUT2D eigenvalue weighted by atomic mass is 9.96. The molecule has 0 atom stereocenters. The number of rotatable bonds is 6. The topological polar surface area (TPSA) is 79.2 Å². The molecule has 0 radical (unpaired) electrons. The maximum absolute atomic E-state index is 12.5. The highest BCUT2D eigenvalue weighted by Gasteiger charge is 2.52. The Kier molecular flexibility index (Phi) is 5.73. The van der Waals surface area contributed by atoms with Crippen LogP contribution in [0.3, 0.4) is 0 Å². The van der Waals surface area contributed by atoms with E-state index in [-0.39, 0.29) is 6.61 Å². The zero-order valence-electron chi connectivity index (χ0n) is 14.6. The van der Waals surface area contributed by atoms with Gasteiger partial charge < -0.3 is 10.1 Å². The van der Waals surface area contributed by atoms with Gasteiger partial charge in [-0.1, -0.05) is 23.7 Å². The quantitative estimate of drug-likeness (QED) is 0.440. The number of ether oxygens (including phenoxy) is 1. The Morgan fingerprint density at radius 2 is 1.96 bits per heavy atom. The summed E-state index contributed by atoms with van der Waals surface area (Å²) < 4.78 is 5.26. The van der Waals surface area contributed by atoms with E-state index in [0.29, 0.717) is 23.6 Å². The molecule has 0 spiro atoms. The third kappa shape index (κ3) is 4.44. The first kappa shape index (κ1) is 19.3. The molecule has 0 aliphatic heterocycles. The lowest BCUT2D eigenvalue weighted by molar-refractivity contribution is -0.150. The second-order valence-corrected chi connectivity index (χ2v) is 7.68. The standard InChI is InChI=1S/C20H17ClN2O3S/c1-13-10-16(27-12-22)6-7-17(13)23-18(24)11-26-19(25)20(8-9-20)14-2-4-15(21)5-3-14/h2-7,10H,8-9,11H2,1H3,(H,23,24). The third-order valence-electron chi connectivity index (χ3n) is 4.51. The van der Waals surface area contributed by atoms with Crippen molar-refractivity contribution >= 4 is 40.9 Å². The lowest BCUT2D eigenvalue weighted by Crippen LogP contribution is -2.28. The maximum Gasteiger partial charge on any atom is 0.317 e. The molecule has 0 aromatic heterocycles. The number of anilines is 1. The van der Waals surface area contributed by atoms with Crippen LogP contribution in [0.4, 0.5) is 5.69 Å². The third-order valence-corrected chi connectivity index (χ3v) is 5.34. The monoisotopic (exact) mass is 400 g/mol. The maximum atomic E-state index is 12.5. The minimum atomic E-state index is -0.656. The van der Waals surface area contributed by atoms with E-state index in [1.807, 2.05) is 30.5 Å². The number of thioether (sulfide) groups is 1. The van der Waals surface area contributed by atoms with Gasteiger partial charge in [0.15, 0.2) is 6.61 Å². The first-order valence-electron chi connectivity index (χ1n) is 8.34. The fourth-order valence-electron chi connectivity index (χ4n) is 2.85. The van der Waals surface area contributed by atoms with Gasteiger partial charge in [0.1, 0.15) is 5.40 Å². The average Bonchev–Trinajstić information content (AvgIpc) is 3.45. The summed E-state index contributed by atoms with van der Waals surface area (Å²) in [4.78, 5) is 25.4. The van der Waals surface area contributed by atoms with Crippen LogP contribution in [0.25, 0.3) is 0 Å². The van der Waals surface area contributed by atoms with Gasteiger partial charge in [0.2, 0.25) is 0 Å². The number of hydrogen-bond donors (Lipinski definition) is 1. The zero-order valence-corrected chi connectivity index (χ0v) is 16.2. The van der Waals surface area contributed by atoms with Crippen molar-refractivity contribution in [3.8, 4) is 5.40 Å². The molecular weight excluding hydrogens is 384 g/mol. The van der Waals surface area contributed by atoms with Crippen molar-refractivity contribution < 1.29 is 14.3 Å². The Labute approximate surface area is 166 Å². The summed E-state index contributed by atoms with van der Waals surface area (Å²) in [5.74, 6) is -0.795. The number of aryl methyl sites for hydroxylation is 1. The molecule has 3 rings (SSSR count). The lowest BCUT2D eigenvalue weighted by Gasteiger charge is -2.15. The van der Waals surface area contributed by atoms with Crippen molar-refractivity contribution in [2.45, 2.75) is 30.1 Å². The van der Waals surface area contributed by atoms with Gasteiger partial charge in [-0.3, -0.25) is 9.59 Å². The molecular formula is C20H17ClN2O3S. The zero-order chi connectivity index (χ0) is 19.4. The Morgan fingerprint density at radius 1 is 1.26 bits per heavy atom. The van der Waals surface area contributed by atoms with Gasteiger partial charge in [-0.05, 0) is 73.0 Å². The number of nitriles is 1. The van der Waals surface area contributed by atoms with Crippen LogP contribution in [0.2, 0.25) is 5.02 Å². The summed E-state index contributed by atoms with van der Waals surface area (Å²) in [5, 5.41) is 14.0. The Bertz CT molecular complexity index is 918. The van der Waals surface area contributed by atoms with Gasteiger partial charge in [0.25, 0.3) is 5.91 Å². The number of nitrogens with zero attached hydrogens (tertiary/aromatic N) is 1. The van der Waals surface area contributed by atoms with Crippen molar-refractivity contribution in [2.24, 2.45) is 0 Å². The molecule has 1 aliphatic rings. The van der Waals surface area contributed by atoms with Gasteiger partial charge >= 0.3 is 5.97 Å². The number of benzene rings is 2. The largest absolute Gasteiger partial charge is 0.455 e. The van der Waals surface area contributed by atoms with Crippen LogP contribution in [0.1, 0.15) is 24.0 Å². The van der Waals surface area contributed by atoms with E-state index >= 15 is 0 Å². The van der Waals surface area contributed by atoms with Crippen LogP contribution in [-0.2, 0) is 19.7 Å². The van der Waals surface area contributed by atoms with Crippen molar-refractivity contribution in [3.05, 3.63) is 58.6 Å². The van der Waals surface area contributed by atoms with Gasteiger partial charge in [-0.25, -0.2) is 0 Å². The van der Waals surface area contributed by atoms with Crippen molar-refractivity contribution in [1.82, 2.24) is 0 Å². The highest BCUT2D eigenvalue weighted by atomic mass is 35.5. The molecule has 27 heavy (non-hydrogen) atoms. The summed E-state index contributed by atoms with van der Waals surface area (Å²) in [6.07, 6.45) is 1.40. The van der Waals surface area contributed by atoms with Crippen molar-refractivity contribution in [2.75, 3.05) is 11.9 Å². The minimum Gasteiger partial charge on any atom is -0.455 e. The number of amides is 1. The molecule has 0 heterocycles. The fourth-order valence-corrected chi connectivity index (χ4v) is 3.46. The summed E-state index contributed by atoms with van der Waals surface area (Å²) in [5.41, 5.74) is 1.65. The highest BCUT2D eigenvalue weighted by molar-refractivity contribution is 8.03. The van der Waals surface area contributed by atoms with Crippen LogP contribution < -0.4 is 5.32 Å². The number of hydrogen-bond acceptors (Lipinski definition) is 5. The number of carbonyl (C=O) groups is 2. The molecule has 1 saturated carbocycles. The normalized spacial score (nSPS) is 14.1. The summed E-state index contributed by atoms with van der Waals surface area (Å²) >= 11 is 6.95. The van der Waals surface area contributed by atoms with E-state index in [4.69, 9.17) is 21.6 Å². The number of esters is 1. The van der Waals surface area contributed by atoms with E-state index in [2.05, 4.69) is 5.32 Å². The fraction of sp³-hybridized carbons (Fsp3) is 0.250. The summed E-state index contributed by atoms with van der Waals surface area (Å²) in [6.45, 7) is 1.49. The molecule has 5 nitrogen and oxygen atoms in total. The molecule has 1 N–H and O–H groups in total. The predicted octanol–water partition coefficient (Wildman–Crippen LogP) is 4.44. The second-order valence-electron chi connectivity index (χ2n) is 6.38. The number of halogens is 1. The molecule has 1 fully saturated rings. The first-order valence-corrected chi connectivity index (χ1v) is 9.54. The molecule has 1 aliphatic carbocycles. The molecule has 2 aromatic carbocycles. The van der Waals surface area contributed by atoms with Crippen LogP contribution in [0, 0.1) is 17.6 Å². The van der Waals surface area contributed by atoms with Gasteiger partial charge in [-0.15, -0.1) is 0 Å². The van der Waals surface area contributed by atoms with Gasteiger partial charge in [0.05, 0.1) is 5.41 Å². The summed E-state index contributed by atoms with van der Waals surface area (Å²) in [7, 11) is 0. The van der Waals surface area contributed by atoms with Crippen LogP contribution >= 0.6 is 23.4 Å². The molecule has 7 heteroatoms. The first-order chi connectivity index (χ1) is 12.9. The smallest absolute Gasteiger partial charge is 0.317 e. The van der Waals surface area contributed by atoms with E-state index in [1.165, 1.54) is 0 Å². The average molecular weight is 401 g/mol. The molecule has 0 bridgehead atoms. The van der Waals surface area contributed by atoms with Gasteiger partial charge in [0, 0.05) is 15.6 Å². The van der Waals surface area contributed by atoms with Crippen molar-refractivity contribution in [1.29, 1.82) is 5.26 Å². The van der Waals surface area contributed by atoms with Gasteiger partial charge in [-0.2, -0.15) is 5.26 Å². The van der Waals surface area contributed by atoms with E-state index in [0.717, 1.165) is 27.8 Å². The number of nitrogens with one attached hydrogen (secondary N) is 1. The Hall–Kier alpha value is -2.49. The van der Waals surface area contributed by atoms with Crippen molar-refractivity contribution in [3.63, 3.8) is 0 Å². The van der Waals surface area contributed by atoms with Crippen LogP contribution in [0.5, 0.6) is 0 Å². The van der Waals surface area contributed by atoms with E-state index in [1.54, 1.807) is 24.3 Å². The highest BCUT2D eigenvalue weighted by Crippen LogP contribution is 2.49. The Morgan fingerprint density at radius 3 is 2.56 bits per heavy atom. The molecule has 0 unspecified atom stereocenters. The second kappa shape index (κ2) is 8.03. The summed E-state index contributed by atoms with van der Waals surface area (Å²) in [6, 6.07) is 12.4. The number of thiocyanates is 1. The minimum absolute atomic E-state index is 0.345. The Balaban J connectivity index is 1.57.